The normalized spacial score (nSPS) is 13.7. The molecular weight excluding hydrogens is 426 g/mol. The second kappa shape index (κ2) is 9.92. The molecule has 1 aromatic carbocycles. The molecule has 0 spiro atoms. The van der Waals surface area contributed by atoms with Gasteiger partial charge in [0.1, 0.15) is 0 Å². The number of hydrogen-bond acceptors (Lipinski definition) is 6. The number of aliphatic hydroxyl groups is 1. The molecule has 0 fully saturated rings. The van der Waals surface area contributed by atoms with Crippen molar-refractivity contribution in [3.8, 4) is 0 Å². The third kappa shape index (κ3) is 4.91. The number of H-pyrrole nitrogens is 1. The number of nitrogens with zero attached hydrogens (tertiary/aromatic N) is 4. The van der Waals surface area contributed by atoms with Gasteiger partial charge in [0.05, 0.1) is 34.6 Å². The summed E-state index contributed by atoms with van der Waals surface area (Å²) in [7, 11) is 0. The van der Waals surface area contributed by atoms with E-state index in [9.17, 15) is 5.11 Å². The second-order valence-electron chi connectivity index (χ2n) is 9.05. The van der Waals surface area contributed by atoms with Crippen LogP contribution in [-0.2, 0) is 6.54 Å². The third-order valence-electron chi connectivity index (χ3n) is 5.51. The number of nitrogen functional groups attached to an aromatic ring is 1. The molecule has 0 saturated carbocycles. The molecule has 1 unspecified atom stereocenters. The molecule has 0 bridgehead atoms. The van der Waals surface area contributed by atoms with Crippen molar-refractivity contribution in [2.75, 3.05) is 17.7 Å². The number of aromatic nitrogens is 4. The topological polar surface area (TPSA) is 117 Å². The van der Waals surface area contributed by atoms with Crippen molar-refractivity contribution in [1.29, 1.82) is 0 Å². The van der Waals surface area contributed by atoms with E-state index in [1.54, 1.807) is 6.07 Å². The molecule has 0 radical (unpaired) electrons. The summed E-state index contributed by atoms with van der Waals surface area (Å²) in [5, 5.41) is 21.6. The Morgan fingerprint density at radius 1 is 1.22 bits per heavy atom. The van der Waals surface area contributed by atoms with Gasteiger partial charge in [-0.3, -0.25) is 5.10 Å². The molecule has 2 heterocycles. The minimum Gasteiger partial charge on any atom is -0.398 e. The predicted octanol–water partition coefficient (Wildman–Crippen LogP) is 4.23. The highest BCUT2D eigenvalue weighted by molar-refractivity contribution is 6.33. The first-order valence-corrected chi connectivity index (χ1v) is 11.4. The Hall–Kier alpha value is -2.58. The lowest BCUT2D eigenvalue weighted by Crippen LogP contribution is -2.32. The summed E-state index contributed by atoms with van der Waals surface area (Å²) in [6.45, 7) is 13.0. The molecule has 1 atom stereocenters. The Bertz CT molecular complexity index is 1150. The average molecular weight is 460 g/mol. The van der Waals surface area contributed by atoms with E-state index in [2.05, 4.69) is 47.8 Å². The number of hydrogen-bond donors (Lipinski definition) is 4. The van der Waals surface area contributed by atoms with E-state index in [1.165, 1.54) is 0 Å². The van der Waals surface area contributed by atoms with E-state index < -0.39 is 0 Å². The smallest absolute Gasteiger partial charge is 0.228 e. The zero-order valence-electron chi connectivity index (χ0n) is 19.6. The van der Waals surface area contributed by atoms with E-state index in [0.717, 1.165) is 22.3 Å². The maximum absolute atomic E-state index is 9.89. The SMILES string of the molecule is CC(C)c1[nH]nc2c(NCc3ccc(Cl)c(N)c3)nc(=NC(CO)C(C)C)n(C(C)C)c12. The van der Waals surface area contributed by atoms with Crippen LogP contribution >= 0.6 is 11.6 Å². The number of aromatic amines is 1. The molecule has 3 aromatic rings. The average Bonchev–Trinajstić information content (AvgIpc) is 3.17. The molecule has 0 aliphatic carbocycles. The van der Waals surface area contributed by atoms with E-state index in [0.29, 0.717) is 28.7 Å². The summed E-state index contributed by atoms with van der Waals surface area (Å²) in [6, 6.07) is 5.42. The Labute approximate surface area is 193 Å². The number of halogens is 1. The first kappa shape index (κ1) is 24.1. The van der Waals surface area contributed by atoms with Crippen LogP contribution in [0.2, 0.25) is 5.02 Å². The van der Waals surface area contributed by atoms with Crippen LogP contribution in [0.1, 0.15) is 64.8 Å². The standard InChI is InChI=1S/C23H34ClN7O/c1-12(2)18(11-32)27-23-28-22(26-10-15-7-8-16(24)17(25)9-15)20-21(31(23)14(5)6)19(13(3)4)29-30-20/h7-9,12-14,18,32H,10-11,25H2,1-6H3,(H,29,30)(H,26,27,28). The molecule has 0 amide bonds. The van der Waals surface area contributed by atoms with Gasteiger partial charge in [-0.2, -0.15) is 10.1 Å². The maximum Gasteiger partial charge on any atom is 0.228 e. The zero-order chi connectivity index (χ0) is 23.6. The second-order valence-corrected chi connectivity index (χ2v) is 9.45. The zero-order valence-corrected chi connectivity index (χ0v) is 20.4. The lowest BCUT2D eigenvalue weighted by Gasteiger charge is -2.19. The Morgan fingerprint density at radius 2 is 1.94 bits per heavy atom. The summed E-state index contributed by atoms with van der Waals surface area (Å²) in [6.07, 6.45) is 0. The van der Waals surface area contributed by atoms with E-state index in [4.69, 9.17) is 27.3 Å². The fourth-order valence-electron chi connectivity index (χ4n) is 3.61. The van der Waals surface area contributed by atoms with Crippen molar-refractivity contribution in [3.63, 3.8) is 0 Å². The van der Waals surface area contributed by atoms with Gasteiger partial charge in [0.2, 0.25) is 5.62 Å². The number of benzene rings is 1. The van der Waals surface area contributed by atoms with Crippen LogP contribution in [-0.4, -0.2) is 37.5 Å². The van der Waals surface area contributed by atoms with Crippen LogP contribution in [0.5, 0.6) is 0 Å². The number of fused-ring (bicyclic) bond motifs is 1. The monoisotopic (exact) mass is 459 g/mol. The molecule has 174 valence electrons. The summed E-state index contributed by atoms with van der Waals surface area (Å²) < 4.78 is 2.10. The molecule has 5 N–H and O–H groups in total. The highest BCUT2D eigenvalue weighted by Gasteiger charge is 2.21. The van der Waals surface area contributed by atoms with Crippen LogP contribution in [0.3, 0.4) is 0 Å². The Balaban J connectivity index is 2.20. The molecule has 2 aromatic heterocycles. The summed E-state index contributed by atoms with van der Waals surface area (Å²) in [5.74, 6) is 1.05. The number of aliphatic hydroxyl groups excluding tert-OH is 1. The van der Waals surface area contributed by atoms with Gasteiger partial charge in [-0.25, -0.2) is 4.99 Å². The molecule has 3 rings (SSSR count). The van der Waals surface area contributed by atoms with Crippen LogP contribution in [0.25, 0.3) is 11.0 Å². The minimum absolute atomic E-state index is 0.0370. The van der Waals surface area contributed by atoms with Crippen molar-refractivity contribution in [2.24, 2.45) is 10.9 Å². The molecule has 0 saturated heterocycles. The number of anilines is 2. The fraction of sp³-hybridized carbons (Fsp3) is 0.522. The maximum atomic E-state index is 9.89. The van der Waals surface area contributed by atoms with Gasteiger partial charge in [0.15, 0.2) is 11.3 Å². The van der Waals surface area contributed by atoms with Gasteiger partial charge in [0.25, 0.3) is 0 Å². The van der Waals surface area contributed by atoms with Gasteiger partial charge in [-0.05, 0) is 43.4 Å². The van der Waals surface area contributed by atoms with E-state index >= 15 is 0 Å². The van der Waals surface area contributed by atoms with Crippen molar-refractivity contribution in [3.05, 3.63) is 40.1 Å². The van der Waals surface area contributed by atoms with Crippen LogP contribution < -0.4 is 16.7 Å². The fourth-order valence-corrected chi connectivity index (χ4v) is 3.73. The molecule has 8 nitrogen and oxygen atoms in total. The summed E-state index contributed by atoms with van der Waals surface area (Å²) in [4.78, 5) is 9.71. The molecule has 9 heteroatoms. The molecular formula is C23H34ClN7O. The van der Waals surface area contributed by atoms with E-state index in [1.807, 2.05) is 26.0 Å². The highest BCUT2D eigenvalue weighted by atomic mass is 35.5. The molecule has 0 aliphatic heterocycles. The lowest BCUT2D eigenvalue weighted by atomic mass is 10.1. The number of nitrogens with two attached hydrogens (primary N) is 1. The molecule has 0 aliphatic rings. The Kier molecular flexibility index (Phi) is 7.46. The first-order chi connectivity index (χ1) is 15.1. The van der Waals surface area contributed by atoms with Crippen molar-refractivity contribution >= 4 is 34.1 Å². The summed E-state index contributed by atoms with van der Waals surface area (Å²) in [5.41, 5.74) is 10.8. The first-order valence-electron chi connectivity index (χ1n) is 11.1. The van der Waals surface area contributed by atoms with Crippen LogP contribution in [0.15, 0.2) is 23.2 Å². The van der Waals surface area contributed by atoms with Gasteiger partial charge in [-0.15, -0.1) is 0 Å². The van der Waals surface area contributed by atoms with Gasteiger partial charge in [-0.1, -0.05) is 45.4 Å². The lowest BCUT2D eigenvalue weighted by molar-refractivity contribution is 0.235. The Morgan fingerprint density at radius 3 is 2.50 bits per heavy atom. The van der Waals surface area contributed by atoms with Crippen molar-refractivity contribution in [2.45, 2.75) is 66.1 Å². The van der Waals surface area contributed by atoms with Crippen LogP contribution in [0.4, 0.5) is 11.5 Å². The minimum atomic E-state index is -0.247. The predicted molar refractivity (Wildman–Crippen MR) is 131 cm³/mol. The van der Waals surface area contributed by atoms with Gasteiger partial charge in [0, 0.05) is 12.6 Å². The highest BCUT2D eigenvalue weighted by Crippen LogP contribution is 2.28. The number of rotatable bonds is 8. The summed E-state index contributed by atoms with van der Waals surface area (Å²) >= 11 is 6.06. The van der Waals surface area contributed by atoms with E-state index in [-0.39, 0.29) is 30.5 Å². The van der Waals surface area contributed by atoms with Gasteiger partial charge >= 0.3 is 0 Å². The largest absolute Gasteiger partial charge is 0.398 e. The quantitative estimate of drug-likeness (QED) is 0.376. The number of nitrogens with one attached hydrogen (secondary N) is 2. The van der Waals surface area contributed by atoms with Crippen molar-refractivity contribution in [1.82, 2.24) is 19.7 Å². The third-order valence-corrected chi connectivity index (χ3v) is 5.86. The van der Waals surface area contributed by atoms with Crippen LogP contribution in [0, 0.1) is 5.92 Å². The molecule has 32 heavy (non-hydrogen) atoms. The van der Waals surface area contributed by atoms with Crippen molar-refractivity contribution < 1.29 is 5.11 Å². The van der Waals surface area contributed by atoms with Gasteiger partial charge < -0.3 is 20.7 Å².